The van der Waals surface area contributed by atoms with Crippen molar-refractivity contribution in [2.45, 2.75) is 13.5 Å². The van der Waals surface area contributed by atoms with Gasteiger partial charge in [-0.15, -0.1) is 0 Å². The standard InChI is InChI=1S/C17H16O3Te/c1-12(2)17(19)20-14-5-9-16(10-6-14)21-15-7-3-13(11-18)4-8-15/h3-10,18H,1,11H2,2H3. The van der Waals surface area contributed by atoms with Crippen LogP contribution in [-0.4, -0.2) is 32.0 Å². The molecule has 0 saturated carbocycles. The fourth-order valence-electron chi connectivity index (χ4n) is 1.57. The summed E-state index contributed by atoms with van der Waals surface area (Å²) >= 11 is -0.470. The van der Waals surface area contributed by atoms with Crippen LogP contribution < -0.4 is 12.0 Å². The molecule has 4 heteroatoms. The van der Waals surface area contributed by atoms with Crippen LogP contribution in [0, 0.1) is 0 Å². The normalized spacial score (nSPS) is 10.2. The van der Waals surface area contributed by atoms with E-state index < -0.39 is 26.9 Å². The van der Waals surface area contributed by atoms with Gasteiger partial charge in [-0.05, 0) is 0 Å². The molecule has 0 spiro atoms. The molecule has 0 atom stereocenters. The number of benzene rings is 2. The molecule has 2 aromatic carbocycles. The number of esters is 1. The second-order valence-corrected chi connectivity index (χ2v) is 7.82. The zero-order chi connectivity index (χ0) is 15.2. The molecule has 0 aliphatic rings. The Hall–Kier alpha value is -1.60. The zero-order valence-electron chi connectivity index (χ0n) is 11.7. The maximum atomic E-state index is 11.4. The van der Waals surface area contributed by atoms with Gasteiger partial charge in [0.15, 0.2) is 0 Å². The third-order valence-corrected chi connectivity index (χ3v) is 5.62. The van der Waals surface area contributed by atoms with Gasteiger partial charge in [-0.25, -0.2) is 0 Å². The molecule has 1 N–H and O–H groups in total. The summed E-state index contributed by atoms with van der Waals surface area (Å²) in [5.74, 6) is 0.133. The molecule has 0 aliphatic carbocycles. The van der Waals surface area contributed by atoms with Gasteiger partial charge in [0.1, 0.15) is 0 Å². The van der Waals surface area contributed by atoms with E-state index in [-0.39, 0.29) is 6.61 Å². The van der Waals surface area contributed by atoms with Gasteiger partial charge in [0.2, 0.25) is 0 Å². The summed E-state index contributed by atoms with van der Waals surface area (Å²) in [6, 6.07) is 15.6. The molecule has 2 rings (SSSR count). The number of rotatable bonds is 5. The summed E-state index contributed by atoms with van der Waals surface area (Å²) < 4.78 is 7.71. The van der Waals surface area contributed by atoms with Crippen molar-refractivity contribution in [1.29, 1.82) is 0 Å². The van der Waals surface area contributed by atoms with Gasteiger partial charge < -0.3 is 0 Å². The van der Waals surface area contributed by atoms with Crippen LogP contribution in [0.5, 0.6) is 5.75 Å². The van der Waals surface area contributed by atoms with Crippen molar-refractivity contribution in [3.8, 4) is 5.75 Å². The molecule has 0 bridgehead atoms. The van der Waals surface area contributed by atoms with Gasteiger partial charge in [0.05, 0.1) is 0 Å². The van der Waals surface area contributed by atoms with Crippen LogP contribution in [0.25, 0.3) is 0 Å². The Morgan fingerprint density at radius 3 is 2.10 bits per heavy atom. The summed E-state index contributed by atoms with van der Waals surface area (Å²) in [5, 5.41) is 9.02. The summed E-state index contributed by atoms with van der Waals surface area (Å²) in [5.41, 5.74) is 1.31. The second kappa shape index (κ2) is 7.42. The first-order valence-corrected chi connectivity index (χ1v) is 8.77. The van der Waals surface area contributed by atoms with Gasteiger partial charge in [0.25, 0.3) is 0 Å². The van der Waals surface area contributed by atoms with E-state index in [0.29, 0.717) is 11.3 Å². The molecule has 2 aromatic rings. The zero-order valence-corrected chi connectivity index (χ0v) is 14.0. The molecule has 0 heterocycles. The third kappa shape index (κ3) is 4.71. The quantitative estimate of drug-likeness (QED) is 0.359. The molecule has 0 radical (unpaired) electrons. The number of hydrogen-bond acceptors (Lipinski definition) is 3. The molecule has 0 fully saturated rings. The molecule has 0 unspecified atom stereocenters. The van der Waals surface area contributed by atoms with Gasteiger partial charge in [-0.2, -0.15) is 0 Å². The number of hydrogen-bond donors (Lipinski definition) is 1. The predicted octanol–water partition coefficient (Wildman–Crippen LogP) is 1.32. The average molecular weight is 396 g/mol. The Balaban J connectivity index is 2.01. The summed E-state index contributed by atoms with van der Waals surface area (Å²) in [6.07, 6.45) is 0. The second-order valence-electron chi connectivity index (χ2n) is 4.55. The first-order chi connectivity index (χ1) is 10.1. The molecule has 21 heavy (non-hydrogen) atoms. The van der Waals surface area contributed by atoms with E-state index in [1.54, 1.807) is 6.92 Å². The van der Waals surface area contributed by atoms with Crippen LogP contribution in [0.2, 0.25) is 0 Å². The monoisotopic (exact) mass is 398 g/mol. The van der Waals surface area contributed by atoms with Crippen LogP contribution in [0.3, 0.4) is 0 Å². The summed E-state index contributed by atoms with van der Waals surface area (Å²) in [7, 11) is 0. The van der Waals surface area contributed by atoms with Crippen LogP contribution >= 0.6 is 0 Å². The van der Waals surface area contributed by atoms with Crippen molar-refractivity contribution in [2.24, 2.45) is 0 Å². The van der Waals surface area contributed by atoms with Crippen molar-refractivity contribution in [1.82, 2.24) is 0 Å². The summed E-state index contributed by atoms with van der Waals surface area (Å²) in [6.45, 7) is 5.25. The van der Waals surface area contributed by atoms with Crippen LogP contribution in [-0.2, 0) is 11.4 Å². The van der Waals surface area contributed by atoms with Gasteiger partial charge in [-0.1, -0.05) is 0 Å². The minimum atomic E-state index is -0.470. The van der Waals surface area contributed by atoms with E-state index in [9.17, 15) is 4.79 Å². The van der Waals surface area contributed by atoms with Crippen molar-refractivity contribution >= 4 is 34.1 Å². The molecule has 0 aromatic heterocycles. The van der Waals surface area contributed by atoms with E-state index in [4.69, 9.17) is 9.84 Å². The number of aliphatic hydroxyl groups is 1. The Bertz CT molecular complexity index is 630. The molecular weight excluding hydrogens is 380 g/mol. The van der Waals surface area contributed by atoms with Crippen molar-refractivity contribution in [3.05, 3.63) is 66.2 Å². The average Bonchev–Trinajstić information content (AvgIpc) is 2.50. The van der Waals surface area contributed by atoms with Gasteiger partial charge in [0, 0.05) is 0 Å². The molecule has 0 saturated heterocycles. The van der Waals surface area contributed by atoms with Crippen LogP contribution in [0.15, 0.2) is 60.7 Å². The van der Waals surface area contributed by atoms with E-state index in [1.807, 2.05) is 36.4 Å². The van der Waals surface area contributed by atoms with Crippen molar-refractivity contribution in [3.63, 3.8) is 0 Å². The fourth-order valence-corrected chi connectivity index (χ4v) is 3.90. The predicted molar refractivity (Wildman–Crippen MR) is 84.3 cm³/mol. The Kier molecular flexibility index (Phi) is 5.58. The fraction of sp³-hybridized carbons (Fsp3) is 0.118. The van der Waals surface area contributed by atoms with Gasteiger partial charge >= 0.3 is 134 Å². The Labute approximate surface area is 134 Å². The third-order valence-electron chi connectivity index (χ3n) is 2.72. The molecule has 0 amide bonds. The first kappa shape index (κ1) is 15.8. The number of carbonyl (C=O) groups is 1. The van der Waals surface area contributed by atoms with E-state index in [1.165, 1.54) is 7.22 Å². The molecule has 0 aliphatic heterocycles. The number of ether oxygens (including phenoxy) is 1. The number of carbonyl (C=O) groups excluding carboxylic acids is 1. The maximum absolute atomic E-state index is 11.4. The van der Waals surface area contributed by atoms with Crippen LogP contribution in [0.1, 0.15) is 12.5 Å². The summed E-state index contributed by atoms with van der Waals surface area (Å²) in [4.78, 5) is 11.4. The minimum absolute atomic E-state index is 0.0730. The van der Waals surface area contributed by atoms with Crippen molar-refractivity contribution < 1.29 is 14.6 Å². The number of aliphatic hydroxyl groups excluding tert-OH is 1. The Morgan fingerprint density at radius 1 is 1.10 bits per heavy atom. The SMILES string of the molecule is C=C(C)C(=O)Oc1ccc([Te]c2ccc(CO)cc2)cc1. The van der Waals surface area contributed by atoms with Gasteiger partial charge in [-0.3, -0.25) is 0 Å². The topological polar surface area (TPSA) is 46.5 Å². The van der Waals surface area contributed by atoms with E-state index in [0.717, 1.165) is 5.56 Å². The first-order valence-electron chi connectivity index (χ1n) is 6.44. The van der Waals surface area contributed by atoms with Crippen molar-refractivity contribution in [2.75, 3.05) is 0 Å². The van der Waals surface area contributed by atoms with Crippen LogP contribution in [0.4, 0.5) is 0 Å². The Morgan fingerprint density at radius 2 is 1.62 bits per heavy atom. The van der Waals surface area contributed by atoms with E-state index in [2.05, 4.69) is 18.7 Å². The molecule has 108 valence electrons. The molecule has 3 nitrogen and oxygen atoms in total. The van der Waals surface area contributed by atoms with E-state index >= 15 is 0 Å². The molecular formula is C17H16O3Te.